The molecule has 1 saturated heterocycles. The molecule has 3 fully saturated rings. The number of rotatable bonds is 3. The molecule has 1 unspecified atom stereocenters. The number of fused-ring (bicyclic) bond motifs is 2. The second-order valence-corrected chi connectivity index (χ2v) is 5.31. The van der Waals surface area contributed by atoms with Crippen molar-refractivity contribution in [3.63, 3.8) is 0 Å². The Balaban J connectivity index is 1.64. The molecule has 4 atom stereocenters. The lowest BCUT2D eigenvalue weighted by atomic mass is 9.69. The Morgan fingerprint density at radius 2 is 2.06 bits per heavy atom. The maximum atomic E-state index is 10.2. The van der Waals surface area contributed by atoms with Gasteiger partial charge in [0.15, 0.2) is 5.79 Å². The summed E-state index contributed by atoms with van der Waals surface area (Å²) in [5, 5.41) is 18.9. The first kappa shape index (κ1) is 11.7. The number of aliphatic hydroxyl groups excluding tert-OH is 2. The molecule has 2 aliphatic carbocycles. The van der Waals surface area contributed by atoms with Crippen molar-refractivity contribution in [2.75, 3.05) is 19.8 Å². The molecular formula is C13H20O4. The fourth-order valence-electron chi connectivity index (χ4n) is 3.59. The van der Waals surface area contributed by atoms with E-state index in [1.54, 1.807) is 0 Å². The number of hydrogen-bond donors (Lipinski definition) is 2. The number of ether oxygens (including phenoxy) is 2. The van der Waals surface area contributed by atoms with Gasteiger partial charge in [-0.1, -0.05) is 12.2 Å². The van der Waals surface area contributed by atoms with Crippen LogP contribution in [0.4, 0.5) is 0 Å². The van der Waals surface area contributed by atoms with E-state index in [-0.39, 0.29) is 24.4 Å². The van der Waals surface area contributed by atoms with Crippen molar-refractivity contribution in [2.45, 2.75) is 31.2 Å². The third kappa shape index (κ3) is 1.74. The van der Waals surface area contributed by atoms with Crippen LogP contribution >= 0.6 is 0 Å². The summed E-state index contributed by atoms with van der Waals surface area (Å²) < 4.78 is 11.4. The van der Waals surface area contributed by atoms with E-state index in [9.17, 15) is 5.11 Å². The molecule has 17 heavy (non-hydrogen) atoms. The molecule has 0 aromatic rings. The third-order valence-electron chi connectivity index (χ3n) is 4.46. The van der Waals surface area contributed by atoms with E-state index in [0.717, 1.165) is 12.8 Å². The largest absolute Gasteiger partial charge is 0.396 e. The molecule has 0 aromatic carbocycles. The van der Waals surface area contributed by atoms with Crippen molar-refractivity contribution < 1.29 is 19.7 Å². The van der Waals surface area contributed by atoms with Gasteiger partial charge in [-0.05, 0) is 18.8 Å². The minimum absolute atomic E-state index is 0.169. The lowest BCUT2D eigenvalue weighted by Crippen LogP contribution is -2.54. The fourth-order valence-corrected chi connectivity index (χ4v) is 3.59. The van der Waals surface area contributed by atoms with Crippen LogP contribution in [0.2, 0.25) is 0 Å². The Morgan fingerprint density at radius 1 is 1.29 bits per heavy atom. The first-order chi connectivity index (χ1) is 8.27. The van der Waals surface area contributed by atoms with Crippen molar-refractivity contribution in [2.24, 2.45) is 17.8 Å². The standard InChI is InChI=1S/C13H20O4/c14-4-2-1-3-9-7-11-10(12(9)15)8-13(11)16-5-6-17-13/h1,3,9-12,14-15H,2,4-8H2/t9-,10+,11-,12?/m0/s1. The van der Waals surface area contributed by atoms with E-state index in [1.165, 1.54) is 0 Å². The van der Waals surface area contributed by atoms with Crippen LogP contribution in [0.25, 0.3) is 0 Å². The van der Waals surface area contributed by atoms with Gasteiger partial charge in [-0.3, -0.25) is 0 Å². The van der Waals surface area contributed by atoms with Crippen molar-refractivity contribution >= 4 is 0 Å². The molecule has 3 aliphatic rings. The predicted molar refractivity (Wildman–Crippen MR) is 61.2 cm³/mol. The summed E-state index contributed by atoms with van der Waals surface area (Å²) in [6.45, 7) is 1.54. The van der Waals surface area contributed by atoms with Gasteiger partial charge in [0.05, 0.1) is 19.3 Å². The maximum Gasteiger partial charge on any atom is 0.172 e. The highest BCUT2D eigenvalue weighted by molar-refractivity contribution is 5.12. The average molecular weight is 240 g/mol. The van der Waals surface area contributed by atoms with Gasteiger partial charge in [0, 0.05) is 24.9 Å². The summed E-state index contributed by atoms with van der Waals surface area (Å²) in [6.07, 6.45) is 6.17. The molecule has 1 spiro atoms. The first-order valence-electron chi connectivity index (χ1n) is 6.50. The lowest BCUT2D eigenvalue weighted by molar-refractivity contribution is -0.275. The summed E-state index contributed by atoms with van der Waals surface area (Å²) in [5.41, 5.74) is 0. The van der Waals surface area contributed by atoms with Crippen molar-refractivity contribution in [1.82, 2.24) is 0 Å². The van der Waals surface area contributed by atoms with E-state index in [0.29, 0.717) is 31.5 Å². The quantitative estimate of drug-likeness (QED) is 0.712. The Labute approximate surface area is 101 Å². The maximum absolute atomic E-state index is 10.2. The lowest BCUT2D eigenvalue weighted by Gasteiger charge is -2.48. The zero-order valence-corrected chi connectivity index (χ0v) is 9.92. The highest BCUT2D eigenvalue weighted by atomic mass is 16.7. The molecule has 0 bridgehead atoms. The van der Waals surface area contributed by atoms with E-state index in [1.807, 2.05) is 12.2 Å². The van der Waals surface area contributed by atoms with Gasteiger partial charge < -0.3 is 19.7 Å². The van der Waals surface area contributed by atoms with E-state index < -0.39 is 0 Å². The highest BCUT2D eigenvalue weighted by Crippen LogP contribution is 2.59. The van der Waals surface area contributed by atoms with Crippen LogP contribution in [-0.4, -0.2) is 41.9 Å². The zero-order valence-electron chi connectivity index (χ0n) is 9.92. The summed E-state index contributed by atoms with van der Waals surface area (Å²) in [4.78, 5) is 0. The van der Waals surface area contributed by atoms with Crippen LogP contribution < -0.4 is 0 Å². The second kappa shape index (κ2) is 4.35. The number of hydrogen-bond acceptors (Lipinski definition) is 4. The van der Waals surface area contributed by atoms with Crippen LogP contribution in [-0.2, 0) is 9.47 Å². The van der Waals surface area contributed by atoms with Crippen LogP contribution in [0.15, 0.2) is 12.2 Å². The molecule has 0 aromatic heterocycles. The predicted octanol–water partition coefficient (Wildman–Crippen LogP) is 0.685. The Hall–Kier alpha value is -0.420. The van der Waals surface area contributed by atoms with Crippen LogP contribution in [0.3, 0.4) is 0 Å². The SMILES string of the molecule is OCCC=C[C@H]1C[C@H]2[C@@H](CC23OCCO3)C1O. The van der Waals surface area contributed by atoms with E-state index in [4.69, 9.17) is 14.6 Å². The summed E-state index contributed by atoms with van der Waals surface area (Å²) in [5.74, 6) is 0.509. The van der Waals surface area contributed by atoms with Gasteiger partial charge in [-0.2, -0.15) is 0 Å². The second-order valence-electron chi connectivity index (χ2n) is 5.31. The summed E-state index contributed by atoms with van der Waals surface area (Å²) in [7, 11) is 0. The molecule has 4 heteroatoms. The minimum atomic E-state index is -0.370. The Kier molecular flexibility index (Phi) is 2.99. The molecule has 4 nitrogen and oxygen atoms in total. The van der Waals surface area contributed by atoms with Gasteiger partial charge in [0.1, 0.15) is 0 Å². The molecule has 3 rings (SSSR count). The third-order valence-corrected chi connectivity index (χ3v) is 4.46. The van der Waals surface area contributed by atoms with Crippen molar-refractivity contribution in [1.29, 1.82) is 0 Å². The zero-order chi connectivity index (χ0) is 11.9. The van der Waals surface area contributed by atoms with Crippen LogP contribution in [0.5, 0.6) is 0 Å². The molecule has 1 heterocycles. The normalized spacial score (nSPS) is 43.2. The van der Waals surface area contributed by atoms with Crippen LogP contribution in [0, 0.1) is 17.8 Å². The van der Waals surface area contributed by atoms with Crippen LogP contribution in [0.1, 0.15) is 19.3 Å². The fraction of sp³-hybridized carbons (Fsp3) is 0.846. The van der Waals surface area contributed by atoms with Gasteiger partial charge in [0.2, 0.25) is 0 Å². The van der Waals surface area contributed by atoms with Gasteiger partial charge in [-0.25, -0.2) is 0 Å². The Bertz CT molecular complexity index is 309. The van der Waals surface area contributed by atoms with Gasteiger partial charge in [0.25, 0.3) is 0 Å². The smallest absolute Gasteiger partial charge is 0.172 e. The molecule has 0 radical (unpaired) electrons. The van der Waals surface area contributed by atoms with Gasteiger partial charge >= 0.3 is 0 Å². The minimum Gasteiger partial charge on any atom is -0.396 e. The summed E-state index contributed by atoms with van der Waals surface area (Å²) in [6, 6.07) is 0. The average Bonchev–Trinajstić information content (AvgIpc) is 2.88. The molecule has 1 aliphatic heterocycles. The van der Waals surface area contributed by atoms with Crippen molar-refractivity contribution in [3.05, 3.63) is 12.2 Å². The monoisotopic (exact) mass is 240 g/mol. The van der Waals surface area contributed by atoms with E-state index in [2.05, 4.69) is 0 Å². The van der Waals surface area contributed by atoms with Crippen molar-refractivity contribution in [3.8, 4) is 0 Å². The van der Waals surface area contributed by atoms with E-state index >= 15 is 0 Å². The molecular weight excluding hydrogens is 220 g/mol. The molecule has 2 saturated carbocycles. The number of aliphatic hydroxyl groups is 2. The van der Waals surface area contributed by atoms with Gasteiger partial charge in [-0.15, -0.1) is 0 Å². The molecule has 2 N–H and O–H groups in total. The Morgan fingerprint density at radius 3 is 2.76 bits per heavy atom. The topological polar surface area (TPSA) is 58.9 Å². The molecule has 0 amide bonds. The first-order valence-corrected chi connectivity index (χ1v) is 6.50. The molecule has 96 valence electrons. The highest BCUT2D eigenvalue weighted by Gasteiger charge is 2.64. The summed E-state index contributed by atoms with van der Waals surface area (Å²) >= 11 is 0.